The fourth-order valence-electron chi connectivity index (χ4n) is 2.45. The van der Waals surface area contributed by atoms with Crippen molar-refractivity contribution < 1.29 is 48.3 Å². The van der Waals surface area contributed by atoms with Gasteiger partial charge in [0.15, 0.2) is 0 Å². The van der Waals surface area contributed by atoms with E-state index in [1.54, 1.807) is 0 Å². The Morgan fingerprint density at radius 3 is 1.64 bits per heavy atom. The number of benzene rings is 2. The summed E-state index contributed by atoms with van der Waals surface area (Å²) in [5.74, 6) is -1.22. The summed E-state index contributed by atoms with van der Waals surface area (Å²) in [4.78, 5) is 0. The Bertz CT molecular complexity index is 864. The van der Waals surface area contributed by atoms with Gasteiger partial charge in [0.25, 0.3) is 0 Å². The molecular weight excluding hydrogens is 481 g/mol. The third-order valence-electron chi connectivity index (χ3n) is 3.72. The van der Waals surface area contributed by atoms with Gasteiger partial charge < -0.3 is 0 Å². The predicted molar refractivity (Wildman–Crippen MR) is 79.4 cm³/mol. The van der Waals surface area contributed by atoms with Gasteiger partial charge in [-0.2, -0.15) is 39.5 Å². The maximum atomic E-state index is 14.2. The van der Waals surface area contributed by atoms with Gasteiger partial charge in [-0.05, 0) is 18.2 Å². The van der Waals surface area contributed by atoms with Crippen LogP contribution in [0.5, 0.6) is 0 Å². The Morgan fingerprint density at radius 1 is 0.714 bits per heavy atom. The van der Waals surface area contributed by atoms with Crippen LogP contribution in [0.25, 0.3) is 11.1 Å². The van der Waals surface area contributed by atoms with E-state index in [4.69, 9.17) is 0 Å². The van der Waals surface area contributed by atoms with Crippen LogP contribution in [0, 0.1) is 5.82 Å². The van der Waals surface area contributed by atoms with E-state index in [2.05, 4.69) is 15.9 Å². The fraction of sp³-hybridized carbons (Fsp3) is 0.250. The highest BCUT2D eigenvalue weighted by Gasteiger charge is 2.73. The maximum Gasteiger partial charge on any atom is 0.435 e. The third-order valence-corrected chi connectivity index (χ3v) is 4.34. The van der Waals surface area contributed by atoms with Crippen molar-refractivity contribution in [2.45, 2.75) is 24.2 Å². The van der Waals surface area contributed by atoms with E-state index in [-0.39, 0.29) is 6.07 Å². The van der Waals surface area contributed by atoms with E-state index in [0.29, 0.717) is 0 Å². The van der Waals surface area contributed by atoms with E-state index in [0.717, 1.165) is 24.3 Å². The van der Waals surface area contributed by atoms with Crippen molar-refractivity contribution in [2.24, 2.45) is 0 Å². The van der Waals surface area contributed by atoms with Crippen LogP contribution in [-0.2, 0) is 11.8 Å². The van der Waals surface area contributed by atoms with E-state index >= 15 is 0 Å². The first-order chi connectivity index (χ1) is 12.5. The lowest BCUT2D eigenvalue weighted by atomic mass is 9.89. The first-order valence-electron chi connectivity index (χ1n) is 7.00. The van der Waals surface area contributed by atoms with Gasteiger partial charge >= 0.3 is 24.2 Å². The van der Waals surface area contributed by atoms with Gasteiger partial charge in [-0.15, -0.1) is 0 Å². The molecule has 0 aliphatic rings. The molecule has 0 amide bonds. The summed E-state index contributed by atoms with van der Waals surface area (Å²) in [6.45, 7) is 0. The van der Waals surface area contributed by atoms with Gasteiger partial charge in [-0.1, -0.05) is 34.1 Å². The highest BCUT2D eigenvalue weighted by Crippen LogP contribution is 2.55. The second kappa shape index (κ2) is 6.89. The molecule has 0 heterocycles. The van der Waals surface area contributed by atoms with Crippen LogP contribution in [0.15, 0.2) is 40.9 Å². The largest absolute Gasteiger partial charge is 0.435 e. The van der Waals surface area contributed by atoms with Crippen molar-refractivity contribution in [3.8, 4) is 11.1 Å². The maximum absolute atomic E-state index is 14.2. The summed E-state index contributed by atoms with van der Waals surface area (Å²) in [5.41, 5.74) is -12.3. The molecule has 0 nitrogen and oxygen atoms in total. The summed E-state index contributed by atoms with van der Waals surface area (Å²) in [6, 6.07) is 3.06. The lowest BCUT2D eigenvalue weighted by Crippen LogP contribution is -2.50. The Hall–Kier alpha value is -1.85. The molecule has 0 fully saturated rings. The zero-order valence-corrected chi connectivity index (χ0v) is 14.6. The van der Waals surface area contributed by atoms with Gasteiger partial charge in [0.1, 0.15) is 5.82 Å². The van der Waals surface area contributed by atoms with Crippen LogP contribution in [0.3, 0.4) is 0 Å². The second-order valence-corrected chi connectivity index (χ2v) is 6.37. The molecule has 0 saturated heterocycles. The van der Waals surface area contributed by atoms with Crippen molar-refractivity contribution in [3.05, 3.63) is 57.8 Å². The molecule has 0 atom stereocenters. The number of hydrogen-bond acceptors (Lipinski definition) is 0. The SMILES string of the molecule is Fc1ccccc1-c1c(Br)cc(C(F)(C(F)(F)F)C(F)(F)F)cc1C(F)(F)F. The molecule has 28 heavy (non-hydrogen) atoms. The highest BCUT2D eigenvalue weighted by atomic mass is 79.9. The second-order valence-electron chi connectivity index (χ2n) is 5.51. The van der Waals surface area contributed by atoms with Gasteiger partial charge in [0.2, 0.25) is 0 Å². The molecule has 2 aromatic rings. The Labute approximate surface area is 158 Å². The summed E-state index contributed by atoms with van der Waals surface area (Å²) >= 11 is 2.42. The van der Waals surface area contributed by atoms with Gasteiger partial charge in [0.05, 0.1) is 5.56 Å². The standard InChI is InChI=1S/C16H6BrF11/c17-10-6-7(13(19,15(23,24)25)16(26,27)28)5-9(14(20,21)22)12(10)8-3-1-2-4-11(8)18/h1-6H. The summed E-state index contributed by atoms with van der Waals surface area (Å²) < 4.78 is 145. The van der Waals surface area contributed by atoms with Crippen molar-refractivity contribution >= 4 is 15.9 Å². The van der Waals surface area contributed by atoms with Gasteiger partial charge in [-0.3, -0.25) is 0 Å². The quantitative estimate of drug-likeness (QED) is 0.384. The highest BCUT2D eigenvalue weighted by molar-refractivity contribution is 9.10. The van der Waals surface area contributed by atoms with Crippen LogP contribution in [0.4, 0.5) is 48.3 Å². The average Bonchev–Trinajstić information content (AvgIpc) is 2.51. The van der Waals surface area contributed by atoms with Crippen LogP contribution in [0.2, 0.25) is 0 Å². The zero-order valence-electron chi connectivity index (χ0n) is 13.0. The lowest BCUT2D eigenvalue weighted by Gasteiger charge is -2.31. The first kappa shape index (κ1) is 22.4. The van der Waals surface area contributed by atoms with Crippen LogP contribution in [-0.4, -0.2) is 12.4 Å². The predicted octanol–water partition coefficient (Wildman–Crippen LogP) is 7.56. The minimum absolute atomic E-state index is 0.0992. The molecule has 0 saturated carbocycles. The summed E-state index contributed by atoms with van der Waals surface area (Å²) in [5, 5.41) is 0. The monoisotopic (exact) mass is 486 g/mol. The van der Waals surface area contributed by atoms with Crippen molar-refractivity contribution in [2.75, 3.05) is 0 Å². The Morgan fingerprint density at radius 2 is 1.21 bits per heavy atom. The molecule has 12 heteroatoms. The molecule has 154 valence electrons. The van der Waals surface area contributed by atoms with E-state index in [9.17, 15) is 48.3 Å². The van der Waals surface area contributed by atoms with Crippen molar-refractivity contribution in [3.63, 3.8) is 0 Å². The molecule has 0 aromatic heterocycles. The Kier molecular flexibility index (Phi) is 5.52. The first-order valence-corrected chi connectivity index (χ1v) is 7.79. The van der Waals surface area contributed by atoms with Crippen molar-refractivity contribution in [1.82, 2.24) is 0 Å². The lowest BCUT2D eigenvalue weighted by molar-refractivity contribution is -0.348. The number of halogens is 12. The summed E-state index contributed by atoms with van der Waals surface area (Å²) in [7, 11) is 0. The molecular formula is C16H6BrF11. The third kappa shape index (κ3) is 3.70. The van der Waals surface area contributed by atoms with E-state index < -0.39 is 62.8 Å². The van der Waals surface area contributed by atoms with E-state index in [1.165, 1.54) is 0 Å². The smallest absolute Gasteiger partial charge is 0.218 e. The number of rotatable bonds is 2. The van der Waals surface area contributed by atoms with Crippen LogP contribution >= 0.6 is 15.9 Å². The molecule has 0 aliphatic carbocycles. The van der Waals surface area contributed by atoms with Crippen LogP contribution in [0.1, 0.15) is 11.1 Å². The minimum Gasteiger partial charge on any atom is -0.218 e. The van der Waals surface area contributed by atoms with E-state index in [1.807, 2.05) is 0 Å². The normalized spacial score (nSPS) is 13.7. The zero-order chi connectivity index (χ0) is 21.7. The number of alkyl halides is 10. The topological polar surface area (TPSA) is 0 Å². The molecule has 0 aliphatic heterocycles. The Balaban J connectivity index is 2.93. The average molecular weight is 487 g/mol. The fourth-order valence-corrected chi connectivity index (χ4v) is 3.13. The van der Waals surface area contributed by atoms with Crippen LogP contribution < -0.4 is 0 Å². The molecule has 2 aromatic carbocycles. The summed E-state index contributed by atoms with van der Waals surface area (Å²) in [6.07, 6.45) is -18.7. The van der Waals surface area contributed by atoms with Gasteiger partial charge in [0, 0.05) is 21.2 Å². The molecule has 0 N–H and O–H groups in total. The van der Waals surface area contributed by atoms with Gasteiger partial charge in [-0.25, -0.2) is 8.78 Å². The number of hydrogen-bond donors (Lipinski definition) is 0. The molecule has 0 radical (unpaired) electrons. The molecule has 0 bridgehead atoms. The van der Waals surface area contributed by atoms with Crippen molar-refractivity contribution in [1.29, 1.82) is 0 Å². The minimum atomic E-state index is -6.60. The molecule has 2 rings (SSSR count). The molecule has 0 unspecified atom stereocenters. The molecule has 0 spiro atoms.